The number of para-hydroxylation sites is 1. The SMILES string of the molecule is CCc1ccccc1N(CCC(=O)O)C(C)C. The second-order valence-corrected chi connectivity index (χ2v) is 4.41. The fourth-order valence-corrected chi connectivity index (χ4v) is 1.96. The summed E-state index contributed by atoms with van der Waals surface area (Å²) in [6, 6.07) is 8.51. The summed E-state index contributed by atoms with van der Waals surface area (Å²) in [4.78, 5) is 12.8. The Hall–Kier alpha value is -1.51. The number of rotatable bonds is 6. The zero-order chi connectivity index (χ0) is 12.8. The normalized spacial score (nSPS) is 10.6. The van der Waals surface area contributed by atoms with E-state index in [1.165, 1.54) is 5.56 Å². The lowest BCUT2D eigenvalue weighted by Crippen LogP contribution is -2.33. The maximum atomic E-state index is 10.7. The molecule has 0 fully saturated rings. The molecule has 94 valence electrons. The average molecular weight is 235 g/mol. The Kier molecular flexibility index (Phi) is 5.01. The molecule has 0 atom stereocenters. The Bertz CT molecular complexity index is 374. The molecule has 0 aliphatic heterocycles. The summed E-state index contributed by atoms with van der Waals surface area (Å²) >= 11 is 0. The summed E-state index contributed by atoms with van der Waals surface area (Å²) in [6.45, 7) is 6.86. The standard InChI is InChI=1S/C14H21NO2/c1-4-12-7-5-6-8-13(12)15(11(2)3)10-9-14(16)17/h5-8,11H,4,9-10H2,1-3H3,(H,16,17). The van der Waals surface area contributed by atoms with Crippen molar-refractivity contribution in [1.29, 1.82) is 0 Å². The van der Waals surface area contributed by atoms with Crippen molar-refractivity contribution >= 4 is 11.7 Å². The molecular weight excluding hydrogens is 214 g/mol. The maximum absolute atomic E-state index is 10.7. The number of hydrogen-bond acceptors (Lipinski definition) is 2. The summed E-state index contributed by atoms with van der Waals surface area (Å²) in [5.41, 5.74) is 2.43. The molecule has 3 nitrogen and oxygen atoms in total. The van der Waals surface area contributed by atoms with Crippen molar-refractivity contribution in [3.63, 3.8) is 0 Å². The number of carboxylic acid groups (broad SMARTS) is 1. The molecule has 1 rings (SSSR count). The summed E-state index contributed by atoms with van der Waals surface area (Å²) in [7, 11) is 0. The number of carboxylic acids is 1. The molecule has 0 saturated heterocycles. The van der Waals surface area contributed by atoms with Gasteiger partial charge in [0, 0.05) is 18.3 Å². The molecule has 0 heterocycles. The molecule has 0 aromatic heterocycles. The number of benzene rings is 1. The largest absolute Gasteiger partial charge is 0.481 e. The molecule has 0 saturated carbocycles. The van der Waals surface area contributed by atoms with Crippen LogP contribution in [0.2, 0.25) is 0 Å². The van der Waals surface area contributed by atoms with Gasteiger partial charge in [0.25, 0.3) is 0 Å². The van der Waals surface area contributed by atoms with Crippen LogP contribution in [0.1, 0.15) is 32.8 Å². The molecule has 0 aliphatic rings. The molecule has 3 heteroatoms. The second kappa shape index (κ2) is 6.28. The smallest absolute Gasteiger partial charge is 0.305 e. The van der Waals surface area contributed by atoms with Crippen molar-refractivity contribution in [1.82, 2.24) is 0 Å². The minimum Gasteiger partial charge on any atom is -0.481 e. The van der Waals surface area contributed by atoms with Crippen LogP contribution in [0.5, 0.6) is 0 Å². The van der Waals surface area contributed by atoms with Crippen molar-refractivity contribution in [3.05, 3.63) is 29.8 Å². The average Bonchev–Trinajstić information content (AvgIpc) is 2.29. The summed E-state index contributed by atoms with van der Waals surface area (Å²) in [6.07, 6.45) is 1.14. The zero-order valence-corrected chi connectivity index (χ0v) is 10.8. The second-order valence-electron chi connectivity index (χ2n) is 4.41. The highest BCUT2D eigenvalue weighted by atomic mass is 16.4. The Balaban J connectivity index is 2.92. The fourth-order valence-electron chi connectivity index (χ4n) is 1.96. The van der Waals surface area contributed by atoms with Crippen LogP contribution in [-0.2, 0) is 11.2 Å². The Morgan fingerprint density at radius 2 is 2.00 bits per heavy atom. The molecule has 0 amide bonds. The summed E-state index contributed by atoms with van der Waals surface area (Å²) in [5.74, 6) is -0.746. The number of carbonyl (C=O) groups is 1. The number of aryl methyl sites for hydroxylation is 1. The number of aliphatic carboxylic acids is 1. The first kappa shape index (κ1) is 13.6. The molecule has 0 aliphatic carbocycles. The third-order valence-corrected chi connectivity index (χ3v) is 2.87. The van der Waals surface area contributed by atoms with Crippen LogP contribution in [0.15, 0.2) is 24.3 Å². The van der Waals surface area contributed by atoms with E-state index in [2.05, 4.69) is 37.8 Å². The number of anilines is 1. The predicted molar refractivity (Wildman–Crippen MR) is 70.6 cm³/mol. The van der Waals surface area contributed by atoms with Crippen LogP contribution >= 0.6 is 0 Å². The van der Waals surface area contributed by atoms with Crippen molar-refractivity contribution in [2.45, 2.75) is 39.7 Å². The maximum Gasteiger partial charge on any atom is 0.305 e. The number of hydrogen-bond donors (Lipinski definition) is 1. The Labute approximate surface area is 103 Å². The van der Waals surface area contributed by atoms with E-state index in [4.69, 9.17) is 5.11 Å². The lowest BCUT2D eigenvalue weighted by molar-refractivity contribution is -0.136. The predicted octanol–water partition coefficient (Wildman–Crippen LogP) is 2.94. The first-order chi connectivity index (χ1) is 8.06. The molecular formula is C14H21NO2. The van der Waals surface area contributed by atoms with E-state index in [1.54, 1.807) is 0 Å². The highest BCUT2D eigenvalue weighted by molar-refractivity contribution is 5.68. The Morgan fingerprint density at radius 3 is 2.53 bits per heavy atom. The van der Waals surface area contributed by atoms with Gasteiger partial charge in [0.2, 0.25) is 0 Å². The lowest BCUT2D eigenvalue weighted by atomic mass is 10.1. The van der Waals surface area contributed by atoms with Gasteiger partial charge in [-0.2, -0.15) is 0 Å². The van der Waals surface area contributed by atoms with Gasteiger partial charge in [0.1, 0.15) is 0 Å². The monoisotopic (exact) mass is 235 g/mol. The van der Waals surface area contributed by atoms with Gasteiger partial charge in [0.05, 0.1) is 6.42 Å². The highest BCUT2D eigenvalue weighted by Gasteiger charge is 2.14. The minimum atomic E-state index is -0.746. The zero-order valence-electron chi connectivity index (χ0n) is 10.8. The first-order valence-electron chi connectivity index (χ1n) is 6.12. The molecule has 1 aromatic carbocycles. The summed E-state index contributed by atoms with van der Waals surface area (Å²) in [5, 5.41) is 8.79. The van der Waals surface area contributed by atoms with Crippen LogP contribution in [0, 0.1) is 0 Å². The topological polar surface area (TPSA) is 40.5 Å². The van der Waals surface area contributed by atoms with Gasteiger partial charge in [-0.1, -0.05) is 25.1 Å². The van der Waals surface area contributed by atoms with E-state index in [1.807, 2.05) is 12.1 Å². The van der Waals surface area contributed by atoms with Crippen LogP contribution in [0.3, 0.4) is 0 Å². The van der Waals surface area contributed by atoms with Crippen LogP contribution < -0.4 is 4.90 Å². The van der Waals surface area contributed by atoms with E-state index in [-0.39, 0.29) is 6.42 Å². The van der Waals surface area contributed by atoms with Gasteiger partial charge in [-0.25, -0.2) is 0 Å². The van der Waals surface area contributed by atoms with Crippen molar-refractivity contribution in [2.24, 2.45) is 0 Å². The van der Waals surface area contributed by atoms with Crippen molar-refractivity contribution in [2.75, 3.05) is 11.4 Å². The van der Waals surface area contributed by atoms with E-state index >= 15 is 0 Å². The van der Waals surface area contributed by atoms with E-state index < -0.39 is 5.97 Å². The Morgan fingerprint density at radius 1 is 1.35 bits per heavy atom. The summed E-state index contributed by atoms with van der Waals surface area (Å²) < 4.78 is 0. The minimum absolute atomic E-state index is 0.177. The third-order valence-electron chi connectivity index (χ3n) is 2.87. The number of nitrogens with zero attached hydrogens (tertiary/aromatic N) is 1. The first-order valence-corrected chi connectivity index (χ1v) is 6.12. The van der Waals surface area contributed by atoms with Gasteiger partial charge in [0.15, 0.2) is 0 Å². The lowest BCUT2D eigenvalue weighted by Gasteiger charge is -2.30. The van der Waals surface area contributed by atoms with Gasteiger partial charge >= 0.3 is 5.97 Å². The highest BCUT2D eigenvalue weighted by Crippen LogP contribution is 2.23. The molecule has 0 radical (unpaired) electrons. The molecule has 0 unspecified atom stereocenters. The van der Waals surface area contributed by atoms with Gasteiger partial charge in [-0.05, 0) is 31.9 Å². The van der Waals surface area contributed by atoms with Crippen LogP contribution in [0.25, 0.3) is 0 Å². The van der Waals surface area contributed by atoms with Gasteiger partial charge < -0.3 is 10.0 Å². The van der Waals surface area contributed by atoms with Gasteiger partial charge in [-0.15, -0.1) is 0 Å². The van der Waals surface area contributed by atoms with Crippen LogP contribution in [0.4, 0.5) is 5.69 Å². The molecule has 0 spiro atoms. The van der Waals surface area contributed by atoms with E-state index in [0.29, 0.717) is 12.6 Å². The molecule has 0 bridgehead atoms. The van der Waals surface area contributed by atoms with Gasteiger partial charge in [-0.3, -0.25) is 4.79 Å². The fraction of sp³-hybridized carbons (Fsp3) is 0.500. The molecule has 17 heavy (non-hydrogen) atoms. The van der Waals surface area contributed by atoms with Crippen molar-refractivity contribution in [3.8, 4) is 0 Å². The molecule has 1 aromatic rings. The van der Waals surface area contributed by atoms with Crippen LogP contribution in [-0.4, -0.2) is 23.7 Å². The van der Waals surface area contributed by atoms with E-state index in [0.717, 1.165) is 12.1 Å². The molecule has 1 N–H and O–H groups in total. The third kappa shape index (κ3) is 3.77. The van der Waals surface area contributed by atoms with E-state index in [9.17, 15) is 4.79 Å². The van der Waals surface area contributed by atoms with Crippen molar-refractivity contribution < 1.29 is 9.90 Å². The quantitative estimate of drug-likeness (QED) is 0.824.